The van der Waals surface area contributed by atoms with E-state index >= 15 is 0 Å². The zero-order chi connectivity index (χ0) is 14.5. The smallest absolute Gasteiger partial charge is 0.335 e. The summed E-state index contributed by atoms with van der Waals surface area (Å²) < 4.78 is 0.706. The predicted octanol–water partition coefficient (Wildman–Crippen LogP) is 3.03. The van der Waals surface area contributed by atoms with Gasteiger partial charge in [0.1, 0.15) is 6.07 Å². The Bertz CT molecular complexity index is 695. The fourth-order valence-corrected chi connectivity index (χ4v) is 2.08. The van der Waals surface area contributed by atoms with Crippen molar-refractivity contribution in [2.45, 2.75) is 6.54 Å². The summed E-state index contributed by atoms with van der Waals surface area (Å²) in [6.07, 6.45) is 1.47. The summed E-state index contributed by atoms with van der Waals surface area (Å²) in [5.41, 5.74) is 2.21. The van der Waals surface area contributed by atoms with Crippen LogP contribution in [0.3, 0.4) is 0 Å². The van der Waals surface area contributed by atoms with Crippen molar-refractivity contribution in [1.29, 1.82) is 5.26 Å². The number of aromatic carboxylic acids is 1. The summed E-state index contributed by atoms with van der Waals surface area (Å²) in [5, 5.41) is 20.9. The van der Waals surface area contributed by atoms with E-state index in [1.54, 1.807) is 18.2 Å². The van der Waals surface area contributed by atoms with Crippen LogP contribution in [-0.2, 0) is 6.54 Å². The highest BCUT2D eigenvalue weighted by Gasteiger charge is 2.05. The molecule has 1 aromatic heterocycles. The lowest BCUT2D eigenvalue weighted by Gasteiger charge is -2.07. The Hall–Kier alpha value is -2.39. The normalized spacial score (nSPS) is 9.80. The highest BCUT2D eigenvalue weighted by Crippen LogP contribution is 2.21. The minimum atomic E-state index is -0.977. The van der Waals surface area contributed by atoms with Gasteiger partial charge in [0, 0.05) is 16.4 Å². The highest BCUT2D eigenvalue weighted by atomic mass is 79.9. The first-order chi connectivity index (χ1) is 9.60. The average Bonchev–Trinajstić information content (AvgIpc) is 2.45. The first kappa shape index (κ1) is 14.0. The first-order valence-electron chi connectivity index (χ1n) is 5.72. The fourth-order valence-electron chi connectivity index (χ4n) is 1.62. The molecule has 2 rings (SSSR count). The summed E-state index contributed by atoms with van der Waals surface area (Å²) in [7, 11) is 0. The summed E-state index contributed by atoms with van der Waals surface area (Å²) in [6.45, 7) is 0.402. The number of pyridine rings is 1. The number of nitrogens with zero attached hydrogens (tertiary/aromatic N) is 2. The van der Waals surface area contributed by atoms with Crippen LogP contribution in [0.2, 0.25) is 0 Å². The van der Waals surface area contributed by atoms with Crippen molar-refractivity contribution < 1.29 is 9.90 Å². The van der Waals surface area contributed by atoms with Crippen LogP contribution in [0.5, 0.6) is 0 Å². The molecule has 0 atom stereocenters. The molecule has 2 aromatic rings. The minimum Gasteiger partial charge on any atom is -0.478 e. The number of halogens is 1. The number of nitriles is 1. The molecule has 6 heteroatoms. The summed E-state index contributed by atoms with van der Waals surface area (Å²) in [5.74, 6) is -0.977. The van der Waals surface area contributed by atoms with Crippen molar-refractivity contribution in [3.63, 3.8) is 0 Å². The van der Waals surface area contributed by atoms with E-state index in [0.29, 0.717) is 22.3 Å². The Morgan fingerprint density at radius 1 is 1.40 bits per heavy atom. The summed E-state index contributed by atoms with van der Waals surface area (Å²) in [6, 6.07) is 10.3. The molecule has 0 radical (unpaired) electrons. The number of anilines is 1. The number of benzene rings is 1. The second kappa shape index (κ2) is 6.17. The van der Waals surface area contributed by atoms with Crippen molar-refractivity contribution in [2.24, 2.45) is 0 Å². The Morgan fingerprint density at radius 2 is 2.20 bits per heavy atom. The summed E-state index contributed by atoms with van der Waals surface area (Å²) >= 11 is 3.31. The number of nitrogens with one attached hydrogen (secondary N) is 1. The highest BCUT2D eigenvalue weighted by molar-refractivity contribution is 9.10. The third-order valence-electron chi connectivity index (χ3n) is 2.63. The Balaban J connectivity index is 2.09. The number of carboxylic acids is 1. The molecule has 0 amide bonds. The third-order valence-corrected chi connectivity index (χ3v) is 3.28. The molecule has 5 nitrogen and oxygen atoms in total. The van der Waals surface area contributed by atoms with Crippen LogP contribution in [0, 0.1) is 11.3 Å². The molecule has 0 aliphatic heterocycles. The standard InChI is InChI=1S/C14H10BrN3O2/c15-13-6-11(2-1-10(13)7-16)18-8-12-5-9(14(19)20)3-4-17-12/h1-6,18H,8H2,(H,19,20). The van der Waals surface area contributed by atoms with Gasteiger partial charge in [-0.1, -0.05) is 0 Å². The van der Waals surface area contributed by atoms with Gasteiger partial charge < -0.3 is 10.4 Å². The monoisotopic (exact) mass is 331 g/mol. The lowest BCUT2D eigenvalue weighted by Crippen LogP contribution is -2.04. The van der Waals surface area contributed by atoms with Crippen LogP contribution >= 0.6 is 15.9 Å². The van der Waals surface area contributed by atoms with Gasteiger partial charge >= 0.3 is 5.97 Å². The van der Waals surface area contributed by atoms with Gasteiger partial charge in [0.2, 0.25) is 0 Å². The van der Waals surface area contributed by atoms with Crippen LogP contribution in [-0.4, -0.2) is 16.1 Å². The molecule has 0 saturated carbocycles. The molecule has 100 valence electrons. The summed E-state index contributed by atoms with van der Waals surface area (Å²) in [4.78, 5) is 15.0. The first-order valence-corrected chi connectivity index (χ1v) is 6.51. The van der Waals surface area contributed by atoms with Gasteiger partial charge in [-0.2, -0.15) is 5.26 Å². The topological polar surface area (TPSA) is 86.0 Å². The van der Waals surface area contributed by atoms with Gasteiger partial charge in [-0.3, -0.25) is 4.98 Å². The van der Waals surface area contributed by atoms with E-state index in [0.717, 1.165) is 5.69 Å². The van der Waals surface area contributed by atoms with Gasteiger partial charge in [-0.25, -0.2) is 4.79 Å². The molecular weight excluding hydrogens is 322 g/mol. The van der Waals surface area contributed by atoms with E-state index < -0.39 is 5.97 Å². The van der Waals surface area contributed by atoms with Crippen molar-refractivity contribution in [1.82, 2.24) is 4.98 Å². The quantitative estimate of drug-likeness (QED) is 0.899. The van der Waals surface area contributed by atoms with E-state index in [-0.39, 0.29) is 5.56 Å². The number of hydrogen-bond acceptors (Lipinski definition) is 4. The maximum Gasteiger partial charge on any atom is 0.335 e. The van der Waals surface area contributed by atoms with Crippen LogP contribution < -0.4 is 5.32 Å². The largest absolute Gasteiger partial charge is 0.478 e. The number of rotatable bonds is 4. The third kappa shape index (κ3) is 3.33. The lowest BCUT2D eigenvalue weighted by molar-refractivity contribution is 0.0696. The van der Waals surface area contributed by atoms with Crippen LogP contribution in [0.1, 0.15) is 21.6 Å². The number of carboxylic acid groups (broad SMARTS) is 1. The van der Waals surface area contributed by atoms with E-state index in [2.05, 4.69) is 32.3 Å². The molecule has 1 heterocycles. The van der Waals surface area contributed by atoms with E-state index in [1.165, 1.54) is 18.3 Å². The maximum atomic E-state index is 10.9. The van der Waals surface area contributed by atoms with Crippen LogP contribution in [0.15, 0.2) is 41.0 Å². The second-order valence-corrected chi connectivity index (χ2v) is 4.86. The predicted molar refractivity (Wildman–Crippen MR) is 77.4 cm³/mol. The van der Waals surface area contributed by atoms with Crippen molar-refractivity contribution in [3.05, 3.63) is 57.8 Å². The van der Waals surface area contributed by atoms with E-state index in [1.807, 2.05) is 0 Å². The van der Waals surface area contributed by atoms with Crippen LogP contribution in [0.4, 0.5) is 5.69 Å². The van der Waals surface area contributed by atoms with Gasteiger partial charge in [0.15, 0.2) is 0 Å². The molecule has 0 saturated heterocycles. The molecule has 2 N–H and O–H groups in total. The minimum absolute atomic E-state index is 0.206. The fraction of sp³-hybridized carbons (Fsp3) is 0.0714. The Labute approximate surface area is 124 Å². The maximum absolute atomic E-state index is 10.9. The van der Waals surface area contributed by atoms with E-state index in [4.69, 9.17) is 10.4 Å². The molecule has 0 fully saturated rings. The number of carbonyl (C=O) groups is 1. The molecular formula is C14H10BrN3O2. The number of aromatic nitrogens is 1. The zero-order valence-corrected chi connectivity index (χ0v) is 11.9. The van der Waals surface area contributed by atoms with Crippen molar-refractivity contribution in [2.75, 3.05) is 5.32 Å². The van der Waals surface area contributed by atoms with Gasteiger partial charge in [-0.15, -0.1) is 0 Å². The van der Waals surface area contributed by atoms with Crippen molar-refractivity contribution in [3.8, 4) is 6.07 Å². The van der Waals surface area contributed by atoms with Crippen molar-refractivity contribution >= 4 is 27.6 Å². The molecule has 0 bridgehead atoms. The molecule has 0 unspecified atom stereocenters. The second-order valence-electron chi connectivity index (χ2n) is 4.00. The van der Waals surface area contributed by atoms with Gasteiger partial charge in [0.25, 0.3) is 0 Å². The van der Waals surface area contributed by atoms with Gasteiger partial charge in [-0.05, 0) is 46.3 Å². The molecule has 1 aromatic carbocycles. The molecule has 0 aliphatic rings. The number of hydrogen-bond donors (Lipinski definition) is 2. The van der Waals surface area contributed by atoms with E-state index in [9.17, 15) is 4.79 Å². The lowest BCUT2D eigenvalue weighted by atomic mass is 10.2. The molecule has 0 aliphatic carbocycles. The van der Waals surface area contributed by atoms with Crippen LogP contribution in [0.25, 0.3) is 0 Å². The molecule has 20 heavy (non-hydrogen) atoms. The van der Waals surface area contributed by atoms with Gasteiger partial charge in [0.05, 0.1) is 23.4 Å². The molecule has 0 spiro atoms. The average molecular weight is 332 g/mol. The Kier molecular flexibility index (Phi) is 4.33. The SMILES string of the molecule is N#Cc1ccc(NCc2cc(C(=O)O)ccn2)cc1Br. The zero-order valence-electron chi connectivity index (χ0n) is 10.3. The Morgan fingerprint density at radius 3 is 2.85 bits per heavy atom.